The highest BCUT2D eigenvalue weighted by molar-refractivity contribution is 8.15. The first-order valence-electron chi connectivity index (χ1n) is 7.11. The summed E-state index contributed by atoms with van der Waals surface area (Å²) in [6.07, 6.45) is 0. The van der Waals surface area contributed by atoms with E-state index in [1.165, 1.54) is 29.2 Å². The predicted octanol–water partition coefficient (Wildman–Crippen LogP) is 3.23. The molecule has 0 saturated carbocycles. The van der Waals surface area contributed by atoms with E-state index >= 15 is 0 Å². The maximum absolute atomic E-state index is 12.4. The van der Waals surface area contributed by atoms with Crippen LogP contribution in [-0.2, 0) is 11.3 Å². The standard InChI is InChI=1S/C16H13N3O4S/c20-15-14(17-12-6-8-13(9-7-12)19(22)23)24-16(21)18(15)10-11-4-2-1-3-5-11/h1-9,14,17H,10H2. The second kappa shape index (κ2) is 6.71. The fraction of sp³-hybridized carbons (Fsp3) is 0.125. The van der Waals surface area contributed by atoms with E-state index in [1.54, 1.807) is 0 Å². The Hall–Kier alpha value is -2.87. The summed E-state index contributed by atoms with van der Waals surface area (Å²) in [7, 11) is 0. The lowest BCUT2D eigenvalue weighted by Gasteiger charge is -2.14. The van der Waals surface area contributed by atoms with Gasteiger partial charge in [-0.15, -0.1) is 0 Å². The fourth-order valence-corrected chi connectivity index (χ4v) is 3.18. The quantitative estimate of drug-likeness (QED) is 0.662. The molecule has 2 aromatic rings. The zero-order chi connectivity index (χ0) is 17.1. The fourth-order valence-electron chi connectivity index (χ4n) is 2.28. The van der Waals surface area contributed by atoms with Gasteiger partial charge in [-0.25, -0.2) is 0 Å². The van der Waals surface area contributed by atoms with E-state index in [0.29, 0.717) is 5.69 Å². The molecule has 7 nitrogen and oxygen atoms in total. The number of rotatable bonds is 5. The van der Waals surface area contributed by atoms with Crippen molar-refractivity contribution in [2.45, 2.75) is 11.9 Å². The summed E-state index contributed by atoms with van der Waals surface area (Å²) < 4.78 is 0. The van der Waals surface area contributed by atoms with Crippen molar-refractivity contribution in [3.63, 3.8) is 0 Å². The van der Waals surface area contributed by atoms with Crippen molar-refractivity contribution in [3.8, 4) is 0 Å². The van der Waals surface area contributed by atoms with Crippen LogP contribution in [0.3, 0.4) is 0 Å². The summed E-state index contributed by atoms with van der Waals surface area (Å²) in [5.41, 5.74) is 1.38. The summed E-state index contributed by atoms with van der Waals surface area (Å²) in [4.78, 5) is 35.8. The number of non-ortho nitro benzene ring substituents is 1. The molecule has 0 radical (unpaired) electrons. The molecule has 1 N–H and O–H groups in total. The molecule has 0 spiro atoms. The van der Waals surface area contributed by atoms with E-state index in [-0.39, 0.29) is 23.4 Å². The molecule has 1 aliphatic rings. The Balaban J connectivity index is 1.68. The summed E-state index contributed by atoms with van der Waals surface area (Å²) in [6, 6.07) is 15.0. The van der Waals surface area contributed by atoms with Gasteiger partial charge in [0.2, 0.25) is 0 Å². The van der Waals surface area contributed by atoms with Crippen LogP contribution in [0.15, 0.2) is 54.6 Å². The summed E-state index contributed by atoms with van der Waals surface area (Å²) in [6.45, 7) is 0.226. The van der Waals surface area contributed by atoms with Gasteiger partial charge in [0.1, 0.15) is 0 Å². The van der Waals surface area contributed by atoms with Gasteiger partial charge in [0.25, 0.3) is 16.8 Å². The third-order valence-electron chi connectivity index (χ3n) is 3.49. The Kier molecular flexibility index (Phi) is 4.48. The minimum atomic E-state index is -0.734. The van der Waals surface area contributed by atoms with Crippen LogP contribution in [0.25, 0.3) is 0 Å². The predicted molar refractivity (Wildman–Crippen MR) is 90.5 cm³/mol. The second-order valence-corrected chi connectivity index (χ2v) is 6.18. The van der Waals surface area contributed by atoms with Crippen LogP contribution in [0, 0.1) is 10.1 Å². The van der Waals surface area contributed by atoms with Crippen molar-refractivity contribution in [1.29, 1.82) is 0 Å². The van der Waals surface area contributed by atoms with Crippen molar-refractivity contribution < 1.29 is 14.5 Å². The van der Waals surface area contributed by atoms with E-state index in [4.69, 9.17) is 0 Å². The van der Waals surface area contributed by atoms with Crippen molar-refractivity contribution >= 4 is 34.3 Å². The Morgan fingerprint density at radius 2 is 1.75 bits per heavy atom. The van der Waals surface area contributed by atoms with Crippen LogP contribution in [0.1, 0.15) is 5.56 Å². The third kappa shape index (κ3) is 3.38. The lowest BCUT2D eigenvalue weighted by atomic mass is 10.2. The maximum Gasteiger partial charge on any atom is 0.291 e. The van der Waals surface area contributed by atoms with E-state index in [1.807, 2.05) is 30.3 Å². The maximum atomic E-state index is 12.4. The minimum absolute atomic E-state index is 0.0345. The second-order valence-electron chi connectivity index (χ2n) is 5.12. The molecule has 3 rings (SSSR count). The van der Waals surface area contributed by atoms with Crippen molar-refractivity contribution in [3.05, 3.63) is 70.3 Å². The number of nitro groups is 1. The normalized spacial score (nSPS) is 17.2. The number of nitrogens with zero attached hydrogens (tertiary/aromatic N) is 2. The van der Waals surface area contributed by atoms with Gasteiger partial charge in [0, 0.05) is 17.8 Å². The average Bonchev–Trinajstić information content (AvgIpc) is 2.84. The first kappa shape index (κ1) is 16.0. The first-order chi connectivity index (χ1) is 11.5. The number of carbonyl (C=O) groups excluding carboxylic acids is 2. The highest BCUT2D eigenvalue weighted by Crippen LogP contribution is 2.30. The van der Waals surface area contributed by atoms with E-state index < -0.39 is 10.3 Å². The third-order valence-corrected chi connectivity index (χ3v) is 4.47. The Morgan fingerprint density at radius 1 is 1.08 bits per heavy atom. The van der Waals surface area contributed by atoms with Gasteiger partial charge < -0.3 is 5.32 Å². The summed E-state index contributed by atoms with van der Waals surface area (Å²) in [5.74, 6) is -0.327. The van der Waals surface area contributed by atoms with Crippen molar-refractivity contribution in [2.24, 2.45) is 0 Å². The molecule has 1 fully saturated rings. The first-order valence-corrected chi connectivity index (χ1v) is 7.99. The largest absolute Gasteiger partial charge is 0.365 e. The molecule has 1 aliphatic heterocycles. The summed E-state index contributed by atoms with van der Waals surface area (Å²) in [5, 5.41) is 12.5. The zero-order valence-corrected chi connectivity index (χ0v) is 13.2. The molecule has 8 heteroatoms. The van der Waals surface area contributed by atoms with Crippen LogP contribution in [0.4, 0.5) is 16.2 Å². The highest BCUT2D eigenvalue weighted by atomic mass is 32.2. The number of hydrogen-bond acceptors (Lipinski definition) is 6. The molecule has 24 heavy (non-hydrogen) atoms. The molecule has 1 saturated heterocycles. The van der Waals surface area contributed by atoms with Crippen LogP contribution in [-0.4, -0.2) is 26.3 Å². The average molecular weight is 343 g/mol. The van der Waals surface area contributed by atoms with Gasteiger partial charge in [-0.2, -0.15) is 0 Å². The van der Waals surface area contributed by atoms with Crippen LogP contribution in [0.5, 0.6) is 0 Å². The molecular formula is C16H13N3O4S. The topological polar surface area (TPSA) is 92.5 Å². The summed E-state index contributed by atoms with van der Waals surface area (Å²) >= 11 is 0.899. The SMILES string of the molecule is O=C1SC(Nc2ccc([N+](=O)[O-])cc2)C(=O)N1Cc1ccccc1. The van der Waals surface area contributed by atoms with Gasteiger partial charge in [-0.05, 0) is 29.5 Å². The number of hydrogen-bond donors (Lipinski definition) is 1. The number of imide groups is 1. The molecule has 1 unspecified atom stereocenters. The Labute approximate surface area is 141 Å². The molecule has 2 aromatic carbocycles. The van der Waals surface area contributed by atoms with Crippen LogP contribution >= 0.6 is 11.8 Å². The van der Waals surface area contributed by atoms with Gasteiger partial charge in [0.05, 0.1) is 11.5 Å². The smallest absolute Gasteiger partial charge is 0.291 e. The monoisotopic (exact) mass is 343 g/mol. The number of nitrogens with one attached hydrogen (secondary N) is 1. The van der Waals surface area contributed by atoms with Gasteiger partial charge in [-0.1, -0.05) is 30.3 Å². The van der Waals surface area contributed by atoms with E-state index in [2.05, 4.69) is 5.32 Å². The van der Waals surface area contributed by atoms with E-state index in [9.17, 15) is 19.7 Å². The molecule has 0 aliphatic carbocycles. The molecule has 0 bridgehead atoms. The number of nitro benzene ring substituents is 1. The molecule has 122 valence electrons. The Bertz CT molecular complexity index is 780. The number of anilines is 1. The van der Waals surface area contributed by atoms with Gasteiger partial charge >= 0.3 is 0 Å². The zero-order valence-electron chi connectivity index (χ0n) is 12.4. The van der Waals surface area contributed by atoms with Gasteiger partial charge in [0.15, 0.2) is 5.37 Å². The Morgan fingerprint density at radius 3 is 2.38 bits per heavy atom. The minimum Gasteiger partial charge on any atom is -0.365 e. The van der Waals surface area contributed by atoms with Gasteiger partial charge in [-0.3, -0.25) is 24.6 Å². The molecule has 0 aromatic heterocycles. The molecule has 2 amide bonds. The number of benzene rings is 2. The molecule has 1 heterocycles. The van der Waals surface area contributed by atoms with Crippen molar-refractivity contribution in [2.75, 3.05) is 5.32 Å². The van der Waals surface area contributed by atoms with Crippen LogP contribution < -0.4 is 5.32 Å². The lowest BCUT2D eigenvalue weighted by molar-refractivity contribution is -0.384. The van der Waals surface area contributed by atoms with E-state index in [0.717, 1.165) is 17.3 Å². The molecule has 1 atom stereocenters. The lowest BCUT2D eigenvalue weighted by Crippen LogP contribution is -2.33. The van der Waals surface area contributed by atoms with Crippen LogP contribution in [0.2, 0.25) is 0 Å². The number of thioether (sulfide) groups is 1. The number of amides is 2. The molecular weight excluding hydrogens is 330 g/mol. The van der Waals surface area contributed by atoms with Crippen molar-refractivity contribution in [1.82, 2.24) is 4.90 Å². The highest BCUT2D eigenvalue weighted by Gasteiger charge is 2.39. The number of carbonyl (C=O) groups is 2.